The van der Waals surface area contributed by atoms with E-state index in [0.717, 1.165) is 12.8 Å². The molecule has 0 rings (SSSR count). The number of carbonyl (C=O) groups is 2. The Morgan fingerprint density at radius 3 is 1.22 bits per heavy atom. The van der Waals surface area contributed by atoms with Gasteiger partial charge >= 0.3 is 29.6 Å². The molecule has 0 radical (unpaired) electrons. The number of hydrogen-bond donors (Lipinski definition) is 0. The second-order valence-electron chi connectivity index (χ2n) is 6.41. The van der Waals surface area contributed by atoms with Crippen LogP contribution in [0.15, 0.2) is 0 Å². The molecule has 0 unspecified atom stereocenters. The second kappa shape index (κ2) is 20.2. The molecule has 0 aliphatic rings. The number of carboxylic acids is 1. The van der Waals surface area contributed by atoms with Crippen LogP contribution in [0.25, 0.3) is 0 Å². The summed E-state index contributed by atoms with van der Waals surface area (Å²) in [6, 6.07) is 0. The van der Waals surface area contributed by atoms with Gasteiger partial charge in [0.15, 0.2) is 5.78 Å². The van der Waals surface area contributed by atoms with E-state index in [9.17, 15) is 14.7 Å². The van der Waals surface area contributed by atoms with Crippen LogP contribution >= 0.6 is 0 Å². The van der Waals surface area contributed by atoms with Gasteiger partial charge < -0.3 is 9.90 Å². The first-order valence-corrected chi connectivity index (χ1v) is 9.42. The Labute approximate surface area is 165 Å². The van der Waals surface area contributed by atoms with Crippen LogP contribution in [0.1, 0.15) is 110 Å². The number of aliphatic carboxylic acids is 1. The third-order valence-electron chi connectivity index (χ3n) is 4.24. The third-order valence-corrected chi connectivity index (χ3v) is 4.24. The molecule has 0 saturated carbocycles. The van der Waals surface area contributed by atoms with E-state index in [1.165, 1.54) is 77.0 Å². The van der Waals surface area contributed by atoms with Gasteiger partial charge in [0.1, 0.15) is 5.97 Å². The molecule has 0 aliphatic heterocycles. The van der Waals surface area contributed by atoms with Crippen molar-refractivity contribution in [1.29, 1.82) is 0 Å². The molecule has 0 atom stereocenters. The van der Waals surface area contributed by atoms with E-state index >= 15 is 0 Å². The van der Waals surface area contributed by atoms with Crippen molar-refractivity contribution < 1.29 is 44.3 Å². The van der Waals surface area contributed by atoms with Crippen molar-refractivity contribution in [2.45, 2.75) is 110 Å². The van der Waals surface area contributed by atoms with E-state index in [1.54, 1.807) is 0 Å². The quantitative estimate of drug-likeness (QED) is 0.230. The van der Waals surface area contributed by atoms with Crippen LogP contribution in [0.5, 0.6) is 0 Å². The first-order chi connectivity index (χ1) is 10.7. The van der Waals surface area contributed by atoms with Gasteiger partial charge in [-0.3, -0.25) is 4.79 Å². The fourth-order valence-corrected chi connectivity index (χ4v) is 2.76. The van der Waals surface area contributed by atoms with Crippen LogP contribution in [0.2, 0.25) is 0 Å². The maximum Gasteiger partial charge on any atom is 1.00 e. The Kier molecular flexibility index (Phi) is 22.3. The van der Waals surface area contributed by atoms with Crippen molar-refractivity contribution >= 4 is 11.8 Å². The molecule has 0 N–H and O–H groups in total. The maximum atomic E-state index is 10.8. The topological polar surface area (TPSA) is 57.2 Å². The number of rotatable bonds is 17. The normalized spacial score (nSPS) is 10.3. The van der Waals surface area contributed by atoms with Gasteiger partial charge in [0.2, 0.25) is 0 Å². The zero-order chi connectivity index (χ0) is 16.5. The van der Waals surface area contributed by atoms with Crippen LogP contribution in [-0.4, -0.2) is 11.8 Å². The molecular weight excluding hydrogens is 299 g/mol. The number of ketones is 1. The number of hydrogen-bond acceptors (Lipinski definition) is 3. The van der Waals surface area contributed by atoms with Crippen molar-refractivity contribution in [2.24, 2.45) is 0 Å². The van der Waals surface area contributed by atoms with Gasteiger partial charge in [-0.15, -0.1) is 0 Å². The minimum atomic E-state index is -1.54. The average Bonchev–Trinajstić information content (AvgIpc) is 2.50. The molecule has 0 bridgehead atoms. The zero-order valence-corrected chi connectivity index (χ0v) is 17.5. The molecule has 23 heavy (non-hydrogen) atoms. The molecule has 130 valence electrons. The van der Waals surface area contributed by atoms with Gasteiger partial charge in [-0.1, -0.05) is 96.8 Å². The number of unbranched alkanes of at least 4 members (excludes halogenated alkanes) is 14. The van der Waals surface area contributed by atoms with Gasteiger partial charge in [0, 0.05) is 6.42 Å². The summed E-state index contributed by atoms with van der Waals surface area (Å²) in [6.07, 6.45) is 19.1. The molecule has 0 amide bonds. The van der Waals surface area contributed by atoms with Gasteiger partial charge in [-0.25, -0.2) is 0 Å². The summed E-state index contributed by atoms with van der Waals surface area (Å²) >= 11 is 0. The second-order valence-corrected chi connectivity index (χ2v) is 6.41. The van der Waals surface area contributed by atoms with E-state index < -0.39 is 11.8 Å². The van der Waals surface area contributed by atoms with Gasteiger partial charge in [-0.2, -0.15) is 0 Å². The van der Waals surface area contributed by atoms with Gasteiger partial charge in [-0.05, 0) is 6.42 Å². The Balaban J connectivity index is 0. The summed E-state index contributed by atoms with van der Waals surface area (Å²) in [6.45, 7) is 2.26. The Morgan fingerprint density at radius 1 is 0.609 bits per heavy atom. The molecule has 0 saturated heterocycles. The van der Waals surface area contributed by atoms with Crippen molar-refractivity contribution in [3.05, 3.63) is 0 Å². The molecule has 0 aromatic heterocycles. The number of carbonyl (C=O) groups excluding carboxylic acids is 2. The smallest absolute Gasteiger partial charge is 0.542 e. The molecule has 0 spiro atoms. The fraction of sp³-hybridized carbons (Fsp3) is 0.895. The number of Topliss-reactive ketones (excluding diaryl/α,β-unsaturated/α-hetero) is 1. The van der Waals surface area contributed by atoms with Crippen LogP contribution in [0.4, 0.5) is 0 Å². The summed E-state index contributed by atoms with van der Waals surface area (Å²) in [4.78, 5) is 21.0. The molecule has 3 nitrogen and oxygen atoms in total. The largest absolute Gasteiger partial charge is 1.00 e. The molecule has 0 aromatic rings. The predicted molar refractivity (Wildman–Crippen MR) is 89.6 cm³/mol. The first kappa shape index (κ1) is 25.4. The van der Waals surface area contributed by atoms with Crippen molar-refractivity contribution in [3.8, 4) is 0 Å². The molecule has 0 heterocycles. The zero-order valence-electron chi connectivity index (χ0n) is 15.5. The van der Waals surface area contributed by atoms with Crippen LogP contribution < -0.4 is 34.7 Å². The van der Waals surface area contributed by atoms with Crippen molar-refractivity contribution in [3.63, 3.8) is 0 Å². The Bertz CT molecular complexity index is 280. The Morgan fingerprint density at radius 2 is 0.913 bits per heavy atom. The average molecular weight is 334 g/mol. The minimum Gasteiger partial charge on any atom is -0.542 e. The van der Waals surface area contributed by atoms with E-state index in [0.29, 0.717) is 6.42 Å². The summed E-state index contributed by atoms with van der Waals surface area (Å²) in [5.74, 6) is -2.29. The molecule has 0 fully saturated rings. The molecule has 0 aromatic carbocycles. The Hall–Kier alpha value is 0.140. The summed E-state index contributed by atoms with van der Waals surface area (Å²) in [5.41, 5.74) is 0. The van der Waals surface area contributed by atoms with E-state index in [4.69, 9.17) is 0 Å². The van der Waals surface area contributed by atoms with E-state index in [-0.39, 0.29) is 36.0 Å². The van der Waals surface area contributed by atoms with Crippen molar-refractivity contribution in [1.82, 2.24) is 0 Å². The maximum absolute atomic E-state index is 10.8. The summed E-state index contributed by atoms with van der Waals surface area (Å²) in [7, 11) is 0. The minimum absolute atomic E-state index is 0. The molecule has 4 heteroatoms. The van der Waals surface area contributed by atoms with Crippen LogP contribution in [0.3, 0.4) is 0 Å². The van der Waals surface area contributed by atoms with Gasteiger partial charge in [0.05, 0.1) is 0 Å². The molecule has 0 aliphatic carbocycles. The first-order valence-electron chi connectivity index (χ1n) is 9.42. The van der Waals surface area contributed by atoms with Gasteiger partial charge in [0.25, 0.3) is 0 Å². The summed E-state index contributed by atoms with van der Waals surface area (Å²) in [5, 5.41) is 10.2. The van der Waals surface area contributed by atoms with E-state index in [2.05, 4.69) is 6.92 Å². The third kappa shape index (κ3) is 20.1. The molecular formula is C19H35NaO3. The SMILES string of the molecule is CCCCCCCCCCCCCCCCCC(=O)C(=O)[O-].[Na+]. The fourth-order valence-electron chi connectivity index (χ4n) is 2.76. The standard InChI is InChI=1S/C19H36O3.Na/c1-2-3-4-5-6-7-8-9-10-11-12-13-14-15-16-17-18(20)19(21)22;/h2-17H2,1H3,(H,21,22);/q;+1/p-1. The number of carboxylic acid groups (broad SMARTS) is 1. The monoisotopic (exact) mass is 334 g/mol. The predicted octanol–water partition coefficient (Wildman–Crippen LogP) is 1.57. The van der Waals surface area contributed by atoms with Crippen LogP contribution in [0, 0.1) is 0 Å². The van der Waals surface area contributed by atoms with Crippen molar-refractivity contribution in [2.75, 3.05) is 0 Å². The summed E-state index contributed by atoms with van der Waals surface area (Å²) < 4.78 is 0. The van der Waals surface area contributed by atoms with E-state index in [1.807, 2.05) is 0 Å². The van der Waals surface area contributed by atoms with Crippen LogP contribution in [-0.2, 0) is 9.59 Å².